The molecular weight excluding hydrogens is 435 g/mol. The number of nitrogens with zero attached hydrogens (tertiary/aromatic N) is 4. The van der Waals surface area contributed by atoms with Gasteiger partial charge in [-0.3, -0.25) is 0 Å². The number of piperidine rings is 1. The number of rotatable bonds is 5. The van der Waals surface area contributed by atoms with Crippen LogP contribution in [-0.4, -0.2) is 56.4 Å². The molecule has 176 valence electrons. The van der Waals surface area contributed by atoms with Gasteiger partial charge in [-0.1, -0.05) is 18.2 Å². The lowest BCUT2D eigenvalue weighted by Gasteiger charge is -2.30. The van der Waals surface area contributed by atoms with Crippen LogP contribution in [0.1, 0.15) is 37.4 Å². The quantitative estimate of drug-likeness (QED) is 0.573. The van der Waals surface area contributed by atoms with Crippen molar-refractivity contribution in [2.45, 2.75) is 37.8 Å². The molecule has 5 rings (SSSR count). The Hall–Kier alpha value is -3.14. The van der Waals surface area contributed by atoms with Gasteiger partial charge >= 0.3 is 12.1 Å². The first-order chi connectivity index (χ1) is 15.8. The summed E-state index contributed by atoms with van der Waals surface area (Å²) in [5, 5.41) is 15.3. The third-order valence-electron chi connectivity index (χ3n) is 5.82. The van der Waals surface area contributed by atoms with Gasteiger partial charge in [-0.2, -0.15) is 18.3 Å². The predicted octanol–water partition coefficient (Wildman–Crippen LogP) is 4.70. The van der Waals surface area contributed by atoms with Crippen LogP contribution >= 0.6 is 0 Å². The van der Waals surface area contributed by atoms with E-state index in [4.69, 9.17) is 20.0 Å². The first-order valence-corrected chi connectivity index (χ1v) is 11.0. The van der Waals surface area contributed by atoms with Gasteiger partial charge in [0.15, 0.2) is 11.5 Å². The number of carboxylic acids is 1. The Morgan fingerprint density at radius 3 is 2.30 bits per heavy atom. The number of anilines is 2. The fraction of sp³-hybridized carbons (Fsp3) is 0.435. The summed E-state index contributed by atoms with van der Waals surface area (Å²) in [5.41, 5.74) is 3.04. The molecule has 2 N–H and O–H groups in total. The number of alkyl halides is 3. The number of aromatic nitrogens is 3. The highest BCUT2D eigenvalue weighted by Crippen LogP contribution is 2.33. The summed E-state index contributed by atoms with van der Waals surface area (Å²) in [6.07, 6.45) is 2.18. The highest BCUT2D eigenvalue weighted by atomic mass is 19.4. The van der Waals surface area contributed by atoms with Crippen LogP contribution in [0.4, 0.5) is 24.5 Å². The molecule has 1 saturated heterocycles. The van der Waals surface area contributed by atoms with Gasteiger partial charge in [0.05, 0.1) is 11.9 Å². The zero-order chi connectivity index (χ0) is 23.4. The van der Waals surface area contributed by atoms with Crippen LogP contribution in [0.2, 0.25) is 0 Å². The molecule has 7 nitrogen and oxygen atoms in total. The largest absolute Gasteiger partial charge is 0.490 e. The maximum atomic E-state index is 10.6. The average molecular weight is 461 g/mol. The number of hydrogen-bond donors (Lipinski definition) is 2. The van der Waals surface area contributed by atoms with Crippen LogP contribution in [0.5, 0.6) is 0 Å². The fourth-order valence-corrected chi connectivity index (χ4v) is 3.87. The van der Waals surface area contributed by atoms with Crippen molar-refractivity contribution in [3.63, 3.8) is 0 Å². The Kier molecular flexibility index (Phi) is 6.83. The van der Waals surface area contributed by atoms with Crippen molar-refractivity contribution in [3.8, 4) is 0 Å². The van der Waals surface area contributed by atoms with Gasteiger partial charge in [-0.25, -0.2) is 14.3 Å². The fourth-order valence-electron chi connectivity index (χ4n) is 3.87. The number of carbonyl (C=O) groups is 1. The van der Waals surface area contributed by atoms with Crippen LogP contribution in [0, 0.1) is 5.92 Å². The smallest absolute Gasteiger partial charge is 0.475 e. The summed E-state index contributed by atoms with van der Waals surface area (Å²) in [4.78, 5) is 16.3. The number of benzene rings is 1. The van der Waals surface area contributed by atoms with Gasteiger partial charge in [0.2, 0.25) is 0 Å². The standard InChI is InChI=1S/C21H25N5.C2HF3O2/c1-2-4-18(5-3-1)22-19-8-9-20-23-21(24-26(20)15-19)17-10-12-25(13-11-17)14-16-6-7-16;3-2(4,5)1(6)7/h1-5,8-9,15-17,22H,6-7,10-14H2;(H,6,7). The van der Waals surface area contributed by atoms with Gasteiger partial charge in [0.25, 0.3) is 0 Å². The second-order valence-electron chi connectivity index (χ2n) is 8.50. The van der Waals surface area contributed by atoms with E-state index in [9.17, 15) is 13.2 Å². The topological polar surface area (TPSA) is 82.8 Å². The Labute approximate surface area is 189 Å². The molecule has 0 spiro atoms. The Balaban J connectivity index is 0.000000325. The first-order valence-electron chi connectivity index (χ1n) is 11.0. The number of aliphatic carboxylic acids is 1. The highest BCUT2D eigenvalue weighted by molar-refractivity contribution is 5.73. The summed E-state index contributed by atoms with van der Waals surface area (Å²) < 4.78 is 33.6. The van der Waals surface area contributed by atoms with Crippen molar-refractivity contribution in [2.75, 3.05) is 25.0 Å². The van der Waals surface area contributed by atoms with Crippen molar-refractivity contribution in [3.05, 3.63) is 54.5 Å². The van der Waals surface area contributed by atoms with E-state index in [0.29, 0.717) is 5.92 Å². The van der Waals surface area contributed by atoms with E-state index in [-0.39, 0.29) is 0 Å². The van der Waals surface area contributed by atoms with Crippen molar-refractivity contribution in [1.82, 2.24) is 19.5 Å². The molecule has 3 heterocycles. The monoisotopic (exact) mass is 461 g/mol. The zero-order valence-corrected chi connectivity index (χ0v) is 18.0. The molecule has 10 heteroatoms. The number of fused-ring (bicyclic) bond motifs is 1. The zero-order valence-electron chi connectivity index (χ0n) is 18.0. The molecule has 3 aromatic rings. The first kappa shape index (κ1) is 23.0. The molecule has 2 aromatic heterocycles. The Bertz CT molecular complexity index is 1070. The van der Waals surface area contributed by atoms with Crippen molar-refractivity contribution >= 4 is 23.0 Å². The summed E-state index contributed by atoms with van der Waals surface area (Å²) in [5.74, 6) is -0.272. The lowest BCUT2D eigenvalue weighted by molar-refractivity contribution is -0.192. The van der Waals surface area contributed by atoms with E-state index < -0.39 is 12.1 Å². The molecule has 1 saturated carbocycles. The third kappa shape index (κ3) is 6.44. The molecule has 1 aliphatic carbocycles. The van der Waals surface area contributed by atoms with Crippen molar-refractivity contribution < 1.29 is 23.1 Å². The molecule has 2 fully saturated rings. The lowest BCUT2D eigenvalue weighted by atomic mass is 9.96. The van der Waals surface area contributed by atoms with Crippen LogP contribution in [0.3, 0.4) is 0 Å². The lowest BCUT2D eigenvalue weighted by Crippen LogP contribution is -2.34. The Morgan fingerprint density at radius 2 is 1.70 bits per heavy atom. The molecule has 1 aromatic carbocycles. The van der Waals surface area contributed by atoms with Crippen LogP contribution < -0.4 is 5.32 Å². The van der Waals surface area contributed by atoms with E-state index in [0.717, 1.165) is 28.8 Å². The number of likely N-dealkylation sites (tertiary alicyclic amines) is 1. The number of para-hydroxylation sites is 1. The average Bonchev–Trinajstić information content (AvgIpc) is 3.50. The molecular formula is C23H26F3N5O2. The van der Waals surface area contributed by atoms with Crippen LogP contribution in [0.25, 0.3) is 5.65 Å². The molecule has 0 unspecified atom stereocenters. The number of halogens is 3. The van der Waals surface area contributed by atoms with Crippen LogP contribution in [-0.2, 0) is 4.79 Å². The maximum absolute atomic E-state index is 10.6. The number of carboxylic acid groups (broad SMARTS) is 1. The number of pyridine rings is 1. The van der Waals surface area contributed by atoms with E-state index in [1.54, 1.807) is 0 Å². The molecule has 1 aliphatic heterocycles. The van der Waals surface area contributed by atoms with Gasteiger partial charge in [0, 0.05) is 18.2 Å². The molecule has 0 atom stereocenters. The summed E-state index contributed by atoms with van der Waals surface area (Å²) in [7, 11) is 0. The van der Waals surface area contributed by atoms with Crippen molar-refractivity contribution in [2.24, 2.45) is 5.92 Å². The predicted molar refractivity (Wildman–Crippen MR) is 118 cm³/mol. The molecule has 33 heavy (non-hydrogen) atoms. The number of hydrogen-bond acceptors (Lipinski definition) is 5. The van der Waals surface area contributed by atoms with Crippen molar-refractivity contribution in [1.29, 1.82) is 0 Å². The molecule has 0 radical (unpaired) electrons. The molecule has 2 aliphatic rings. The summed E-state index contributed by atoms with van der Waals surface area (Å²) >= 11 is 0. The minimum atomic E-state index is -5.08. The summed E-state index contributed by atoms with van der Waals surface area (Å²) in [6.45, 7) is 3.69. The van der Waals surface area contributed by atoms with E-state index >= 15 is 0 Å². The second kappa shape index (κ2) is 9.78. The van der Waals surface area contributed by atoms with E-state index in [1.165, 1.54) is 45.3 Å². The van der Waals surface area contributed by atoms with Crippen LogP contribution in [0.15, 0.2) is 48.7 Å². The van der Waals surface area contributed by atoms with Gasteiger partial charge in [-0.05, 0) is 69.0 Å². The summed E-state index contributed by atoms with van der Waals surface area (Å²) in [6, 6.07) is 14.3. The molecule has 0 amide bonds. The third-order valence-corrected chi connectivity index (χ3v) is 5.82. The number of nitrogens with one attached hydrogen (secondary N) is 1. The van der Waals surface area contributed by atoms with Gasteiger partial charge in [-0.15, -0.1) is 0 Å². The Morgan fingerprint density at radius 1 is 1.03 bits per heavy atom. The molecule has 0 bridgehead atoms. The minimum absolute atomic E-state index is 0.496. The minimum Gasteiger partial charge on any atom is -0.475 e. The van der Waals surface area contributed by atoms with E-state index in [2.05, 4.69) is 28.4 Å². The van der Waals surface area contributed by atoms with Gasteiger partial charge in [0.1, 0.15) is 0 Å². The van der Waals surface area contributed by atoms with Gasteiger partial charge < -0.3 is 15.3 Å². The SMILES string of the molecule is O=C(O)C(F)(F)F.c1ccc(Nc2ccc3nc(C4CCN(CC5CC5)CC4)nn3c2)cc1. The van der Waals surface area contributed by atoms with E-state index in [1.807, 2.05) is 35.0 Å². The second-order valence-corrected chi connectivity index (χ2v) is 8.50. The highest BCUT2D eigenvalue weighted by Gasteiger charge is 2.38. The maximum Gasteiger partial charge on any atom is 0.490 e. The normalized spacial score (nSPS) is 17.4.